The molecule has 4 rings (SSSR count). The predicted octanol–water partition coefficient (Wildman–Crippen LogP) is 3.10. The number of hydrogen-bond acceptors (Lipinski definition) is 5. The standard InChI is InChI=1S/C19H17FN4O2/c1-12-2-5-14(9-21-12)19-22-18(23-26-19)15-8-17(25)24(11-15)10-13-3-6-16(20)7-4-13/h2-7,9,15H,8,10-11H2,1H3. The number of pyridine rings is 1. The van der Waals surface area contributed by atoms with Gasteiger partial charge in [0.25, 0.3) is 5.89 Å². The van der Waals surface area contributed by atoms with Gasteiger partial charge in [0, 0.05) is 37.3 Å². The summed E-state index contributed by atoms with van der Waals surface area (Å²) in [5, 5.41) is 4.04. The Bertz CT molecular complexity index is 921. The molecule has 1 fully saturated rings. The Kier molecular flexibility index (Phi) is 4.20. The topological polar surface area (TPSA) is 72.1 Å². The van der Waals surface area contributed by atoms with Crippen molar-refractivity contribution in [3.05, 3.63) is 65.5 Å². The lowest BCUT2D eigenvalue weighted by Gasteiger charge is -2.16. The van der Waals surface area contributed by atoms with Crippen molar-refractivity contribution in [2.75, 3.05) is 6.54 Å². The van der Waals surface area contributed by atoms with E-state index in [0.717, 1.165) is 16.8 Å². The second-order valence-corrected chi connectivity index (χ2v) is 6.45. The van der Waals surface area contributed by atoms with Crippen molar-refractivity contribution in [1.29, 1.82) is 0 Å². The number of aryl methyl sites for hydroxylation is 1. The van der Waals surface area contributed by atoms with Gasteiger partial charge in [0.2, 0.25) is 5.91 Å². The molecule has 0 radical (unpaired) electrons. The van der Waals surface area contributed by atoms with Crippen molar-refractivity contribution in [1.82, 2.24) is 20.0 Å². The molecule has 1 aliphatic heterocycles. The fraction of sp³-hybridized carbons (Fsp3) is 0.263. The Morgan fingerprint density at radius 3 is 2.77 bits per heavy atom. The largest absolute Gasteiger partial charge is 0.338 e. The van der Waals surface area contributed by atoms with E-state index in [4.69, 9.17) is 4.52 Å². The number of halogens is 1. The Morgan fingerprint density at radius 1 is 1.23 bits per heavy atom. The summed E-state index contributed by atoms with van der Waals surface area (Å²) in [6, 6.07) is 9.92. The highest BCUT2D eigenvalue weighted by Gasteiger charge is 2.33. The van der Waals surface area contributed by atoms with Gasteiger partial charge in [-0.3, -0.25) is 9.78 Å². The number of amides is 1. The molecule has 2 aromatic heterocycles. The minimum absolute atomic E-state index is 0.0303. The molecule has 0 spiro atoms. The molecule has 26 heavy (non-hydrogen) atoms. The number of aromatic nitrogens is 3. The van der Waals surface area contributed by atoms with E-state index in [1.54, 1.807) is 23.2 Å². The van der Waals surface area contributed by atoms with Crippen molar-refractivity contribution in [3.8, 4) is 11.5 Å². The average Bonchev–Trinajstić information content (AvgIpc) is 3.25. The molecule has 1 amide bonds. The molecule has 3 heterocycles. The number of carbonyl (C=O) groups excluding carboxylic acids is 1. The van der Waals surface area contributed by atoms with Gasteiger partial charge in [-0.25, -0.2) is 4.39 Å². The van der Waals surface area contributed by atoms with Crippen molar-refractivity contribution < 1.29 is 13.7 Å². The first-order chi connectivity index (χ1) is 12.6. The van der Waals surface area contributed by atoms with E-state index in [1.165, 1.54) is 12.1 Å². The second kappa shape index (κ2) is 6.67. The lowest BCUT2D eigenvalue weighted by Crippen LogP contribution is -2.24. The van der Waals surface area contributed by atoms with Crippen LogP contribution < -0.4 is 0 Å². The van der Waals surface area contributed by atoms with E-state index in [0.29, 0.717) is 31.2 Å². The van der Waals surface area contributed by atoms with Gasteiger partial charge in [-0.1, -0.05) is 17.3 Å². The first kappa shape index (κ1) is 16.4. The van der Waals surface area contributed by atoms with Gasteiger partial charge in [-0.05, 0) is 36.8 Å². The summed E-state index contributed by atoms with van der Waals surface area (Å²) >= 11 is 0. The van der Waals surface area contributed by atoms with Crippen molar-refractivity contribution in [2.45, 2.75) is 25.8 Å². The Morgan fingerprint density at radius 2 is 2.04 bits per heavy atom. The molecular weight excluding hydrogens is 335 g/mol. The molecule has 0 N–H and O–H groups in total. The maximum Gasteiger partial charge on any atom is 0.259 e. The molecule has 132 valence electrons. The summed E-state index contributed by atoms with van der Waals surface area (Å²) in [5.74, 6) is 0.554. The molecule has 0 saturated carbocycles. The van der Waals surface area contributed by atoms with Crippen LogP contribution in [0.5, 0.6) is 0 Å². The van der Waals surface area contributed by atoms with Crippen LogP contribution in [0.1, 0.15) is 29.4 Å². The fourth-order valence-electron chi connectivity index (χ4n) is 3.02. The molecule has 1 saturated heterocycles. The van der Waals surface area contributed by atoms with Crippen LogP contribution in [0.4, 0.5) is 4.39 Å². The third kappa shape index (κ3) is 3.33. The van der Waals surface area contributed by atoms with E-state index in [2.05, 4.69) is 15.1 Å². The minimum Gasteiger partial charge on any atom is -0.338 e. The Balaban J connectivity index is 1.47. The zero-order chi connectivity index (χ0) is 18.1. The summed E-state index contributed by atoms with van der Waals surface area (Å²) in [6.45, 7) is 2.87. The van der Waals surface area contributed by atoms with E-state index in [-0.39, 0.29) is 17.6 Å². The van der Waals surface area contributed by atoms with Gasteiger partial charge in [0.05, 0.1) is 5.56 Å². The normalized spacial score (nSPS) is 17.1. The molecule has 7 heteroatoms. The van der Waals surface area contributed by atoms with E-state index < -0.39 is 0 Å². The van der Waals surface area contributed by atoms with Crippen LogP contribution in [0.3, 0.4) is 0 Å². The molecule has 6 nitrogen and oxygen atoms in total. The Hall–Kier alpha value is -3.09. The third-order valence-electron chi connectivity index (χ3n) is 4.47. The highest BCUT2D eigenvalue weighted by atomic mass is 19.1. The van der Waals surface area contributed by atoms with Crippen LogP contribution in [0.25, 0.3) is 11.5 Å². The summed E-state index contributed by atoms with van der Waals surface area (Å²) in [7, 11) is 0. The van der Waals surface area contributed by atoms with E-state index in [9.17, 15) is 9.18 Å². The first-order valence-electron chi connectivity index (χ1n) is 8.37. The molecule has 1 aliphatic rings. The molecule has 0 aliphatic carbocycles. The number of carbonyl (C=O) groups is 1. The van der Waals surface area contributed by atoms with Crippen molar-refractivity contribution in [3.63, 3.8) is 0 Å². The summed E-state index contributed by atoms with van der Waals surface area (Å²) in [4.78, 5) is 22.7. The average molecular weight is 352 g/mol. The zero-order valence-electron chi connectivity index (χ0n) is 14.2. The van der Waals surface area contributed by atoms with Crippen molar-refractivity contribution in [2.24, 2.45) is 0 Å². The lowest BCUT2D eigenvalue weighted by atomic mass is 10.1. The van der Waals surface area contributed by atoms with Crippen LogP contribution in [0, 0.1) is 12.7 Å². The zero-order valence-corrected chi connectivity index (χ0v) is 14.2. The summed E-state index contributed by atoms with van der Waals surface area (Å²) in [5.41, 5.74) is 2.55. The SMILES string of the molecule is Cc1ccc(-c2nc(C3CC(=O)N(Cc4ccc(F)cc4)C3)no2)cn1. The molecule has 1 atom stereocenters. The smallest absolute Gasteiger partial charge is 0.259 e. The lowest BCUT2D eigenvalue weighted by molar-refractivity contribution is -0.128. The van der Waals surface area contributed by atoms with Gasteiger partial charge in [0.1, 0.15) is 5.82 Å². The number of likely N-dealkylation sites (tertiary alicyclic amines) is 1. The van der Waals surface area contributed by atoms with Gasteiger partial charge in [-0.15, -0.1) is 0 Å². The highest BCUT2D eigenvalue weighted by molar-refractivity contribution is 5.79. The van der Waals surface area contributed by atoms with Crippen LogP contribution in [-0.4, -0.2) is 32.5 Å². The van der Waals surface area contributed by atoms with Crippen LogP contribution in [0.15, 0.2) is 47.1 Å². The predicted molar refractivity (Wildman–Crippen MR) is 91.4 cm³/mol. The van der Waals surface area contributed by atoms with Gasteiger partial charge < -0.3 is 9.42 Å². The number of rotatable bonds is 4. The van der Waals surface area contributed by atoms with Crippen LogP contribution in [0.2, 0.25) is 0 Å². The molecular formula is C19H17FN4O2. The second-order valence-electron chi connectivity index (χ2n) is 6.45. The molecule has 1 aromatic carbocycles. The van der Waals surface area contributed by atoms with Gasteiger partial charge >= 0.3 is 0 Å². The van der Waals surface area contributed by atoms with Gasteiger partial charge in [0.15, 0.2) is 5.82 Å². The molecule has 1 unspecified atom stereocenters. The number of hydrogen-bond donors (Lipinski definition) is 0. The number of benzene rings is 1. The van der Waals surface area contributed by atoms with Crippen molar-refractivity contribution >= 4 is 5.91 Å². The third-order valence-corrected chi connectivity index (χ3v) is 4.47. The maximum atomic E-state index is 13.0. The van der Waals surface area contributed by atoms with Crippen LogP contribution in [-0.2, 0) is 11.3 Å². The molecule has 3 aromatic rings. The minimum atomic E-state index is -0.288. The summed E-state index contributed by atoms with van der Waals surface area (Å²) < 4.78 is 18.3. The maximum absolute atomic E-state index is 13.0. The number of nitrogens with zero attached hydrogens (tertiary/aromatic N) is 4. The van der Waals surface area contributed by atoms with E-state index >= 15 is 0 Å². The van der Waals surface area contributed by atoms with Crippen LogP contribution >= 0.6 is 0 Å². The van der Waals surface area contributed by atoms with E-state index in [1.807, 2.05) is 19.1 Å². The fourth-order valence-corrected chi connectivity index (χ4v) is 3.02. The highest BCUT2D eigenvalue weighted by Crippen LogP contribution is 2.29. The Labute approximate surface area is 149 Å². The van der Waals surface area contributed by atoms with Gasteiger partial charge in [-0.2, -0.15) is 4.98 Å². The molecule has 0 bridgehead atoms. The monoisotopic (exact) mass is 352 g/mol. The summed E-state index contributed by atoms with van der Waals surface area (Å²) in [6.07, 6.45) is 2.03. The first-order valence-corrected chi connectivity index (χ1v) is 8.37. The quantitative estimate of drug-likeness (QED) is 0.721.